The van der Waals surface area contributed by atoms with E-state index >= 15 is 0 Å². The Morgan fingerprint density at radius 2 is 1.00 bits per heavy atom. The van der Waals surface area contributed by atoms with Gasteiger partial charge in [-0.1, -0.05) is 52.1 Å². The minimum Gasteiger partial charge on any atom is -0.342 e. The van der Waals surface area contributed by atoms with Crippen LogP contribution >= 0.6 is 48.9 Å². The van der Waals surface area contributed by atoms with E-state index in [0.717, 1.165) is 46.1 Å². The normalized spacial score (nSPS) is 18.6. The summed E-state index contributed by atoms with van der Waals surface area (Å²) in [5.41, 5.74) is -0.302. The van der Waals surface area contributed by atoms with Crippen LogP contribution in [-0.4, -0.2) is 89.6 Å². The second-order valence-corrected chi connectivity index (χ2v) is 13.7. The molecule has 2 fully saturated rings. The zero-order valence-electron chi connectivity index (χ0n) is 24.5. The van der Waals surface area contributed by atoms with Gasteiger partial charge in [0, 0.05) is 50.9 Å². The molecule has 2 unspecified atom stereocenters. The highest BCUT2D eigenvalue weighted by Gasteiger charge is 2.40. The Kier molecular flexibility index (Phi) is 11.8. The van der Waals surface area contributed by atoms with Gasteiger partial charge in [0.1, 0.15) is 21.5 Å². The molecule has 10 heteroatoms. The number of hydrogen-bond donors (Lipinski definition) is 0. The standard InChI is InChI=1S/C28H46N4O2S4/c1-9-29-17-23(35)31(25(29)37)19(3)27(5,6)15-13-21(33)11-12-22(34)14-16-28(7,8)20(4)32-24(36)18-30(10-2)26(32)38/h19-20H,9-18H2,1-8H3. The van der Waals surface area contributed by atoms with Crippen molar-refractivity contribution >= 4 is 80.6 Å². The lowest BCUT2D eigenvalue weighted by Crippen LogP contribution is -2.47. The fourth-order valence-corrected chi connectivity index (χ4v) is 6.80. The summed E-state index contributed by atoms with van der Waals surface area (Å²) in [6.45, 7) is 20.1. The Morgan fingerprint density at radius 1 is 0.684 bits per heavy atom. The topological polar surface area (TPSA) is 47.1 Å². The molecule has 0 bridgehead atoms. The number of Topliss-reactive ketones (excluding diaryl/α,β-unsaturated/α-hetero) is 2. The number of carbonyl (C=O) groups is 2. The van der Waals surface area contributed by atoms with Crippen molar-refractivity contribution in [3.8, 4) is 0 Å². The third kappa shape index (κ3) is 7.76. The third-order valence-electron chi connectivity index (χ3n) is 8.72. The average molecular weight is 599 g/mol. The molecule has 2 saturated heterocycles. The summed E-state index contributed by atoms with van der Waals surface area (Å²) < 4.78 is 0. The first-order valence-electron chi connectivity index (χ1n) is 13.8. The quantitative estimate of drug-likeness (QED) is 0.216. The largest absolute Gasteiger partial charge is 0.342 e. The minimum atomic E-state index is -0.151. The summed E-state index contributed by atoms with van der Waals surface area (Å²) >= 11 is 22.5. The van der Waals surface area contributed by atoms with Gasteiger partial charge in [-0.05, 0) is 75.8 Å². The predicted octanol–water partition coefficient (Wildman–Crippen LogP) is 5.79. The second kappa shape index (κ2) is 13.5. The summed E-state index contributed by atoms with van der Waals surface area (Å²) in [6.07, 6.45) is 2.96. The van der Waals surface area contributed by atoms with E-state index in [2.05, 4.69) is 75.0 Å². The monoisotopic (exact) mass is 598 g/mol. The van der Waals surface area contributed by atoms with Crippen molar-refractivity contribution in [2.75, 3.05) is 26.2 Å². The molecule has 0 N–H and O–H groups in total. The number of hydrogen-bond acceptors (Lipinski definition) is 6. The van der Waals surface area contributed by atoms with Gasteiger partial charge in [-0.3, -0.25) is 9.59 Å². The molecule has 2 aliphatic rings. The van der Waals surface area contributed by atoms with E-state index in [0.29, 0.717) is 38.8 Å². The van der Waals surface area contributed by atoms with Crippen LogP contribution in [0.3, 0.4) is 0 Å². The van der Waals surface area contributed by atoms with Gasteiger partial charge >= 0.3 is 0 Å². The smallest absolute Gasteiger partial charge is 0.177 e. The summed E-state index contributed by atoms with van der Waals surface area (Å²) in [4.78, 5) is 35.5. The van der Waals surface area contributed by atoms with E-state index in [1.54, 1.807) is 0 Å². The van der Waals surface area contributed by atoms with Crippen LogP contribution in [0.25, 0.3) is 0 Å². The molecule has 0 radical (unpaired) electrons. The molecule has 0 aromatic rings. The van der Waals surface area contributed by atoms with Crippen molar-refractivity contribution in [1.29, 1.82) is 0 Å². The maximum atomic E-state index is 12.7. The molecule has 6 nitrogen and oxygen atoms in total. The van der Waals surface area contributed by atoms with Crippen molar-refractivity contribution in [2.24, 2.45) is 10.8 Å². The van der Waals surface area contributed by atoms with Crippen LogP contribution in [-0.2, 0) is 9.59 Å². The Balaban J connectivity index is 1.80. The maximum Gasteiger partial charge on any atom is 0.177 e. The van der Waals surface area contributed by atoms with E-state index in [4.69, 9.17) is 48.9 Å². The van der Waals surface area contributed by atoms with Gasteiger partial charge in [-0.25, -0.2) is 0 Å². The Morgan fingerprint density at radius 3 is 1.26 bits per heavy atom. The zero-order chi connectivity index (χ0) is 29.0. The Labute approximate surface area is 251 Å². The molecule has 2 aliphatic heterocycles. The molecule has 0 spiro atoms. The van der Waals surface area contributed by atoms with Gasteiger partial charge in [0.15, 0.2) is 10.2 Å². The summed E-state index contributed by atoms with van der Waals surface area (Å²) in [5.74, 6) is 0.279. The number of ketones is 2. The highest BCUT2D eigenvalue weighted by Crippen LogP contribution is 2.35. The number of thiocarbonyl (C=S) groups is 4. The zero-order valence-corrected chi connectivity index (χ0v) is 27.7. The van der Waals surface area contributed by atoms with E-state index in [1.807, 2.05) is 0 Å². The molecule has 0 aliphatic carbocycles. The molecule has 2 rings (SSSR count). The van der Waals surface area contributed by atoms with Gasteiger partial charge in [0.05, 0.1) is 13.1 Å². The van der Waals surface area contributed by atoms with Gasteiger partial charge in [-0.2, -0.15) is 0 Å². The van der Waals surface area contributed by atoms with Crippen molar-refractivity contribution in [3.05, 3.63) is 0 Å². The molecular weight excluding hydrogens is 553 g/mol. The number of rotatable bonds is 15. The number of carbonyl (C=O) groups excluding carboxylic acids is 2. The van der Waals surface area contributed by atoms with Crippen molar-refractivity contribution in [1.82, 2.24) is 19.6 Å². The van der Waals surface area contributed by atoms with Gasteiger partial charge in [-0.15, -0.1) is 0 Å². The SMILES string of the molecule is CCN1CC(=S)N(C(C)C(C)(C)CCC(=O)CCC(=O)CCC(C)(C)C(C)N2C(=S)CN(CC)C2=S)C1=S. The van der Waals surface area contributed by atoms with Gasteiger partial charge < -0.3 is 19.6 Å². The molecule has 0 amide bonds. The van der Waals surface area contributed by atoms with Crippen LogP contribution in [0.2, 0.25) is 0 Å². The first kappa shape index (κ1) is 33.1. The molecule has 214 valence electrons. The molecule has 2 atom stereocenters. The molecule has 38 heavy (non-hydrogen) atoms. The van der Waals surface area contributed by atoms with E-state index < -0.39 is 0 Å². The lowest BCUT2D eigenvalue weighted by molar-refractivity contribution is -0.124. The first-order valence-corrected chi connectivity index (χ1v) is 15.5. The lowest BCUT2D eigenvalue weighted by atomic mass is 9.79. The maximum absolute atomic E-state index is 12.7. The molecule has 0 saturated carbocycles. The van der Waals surface area contributed by atoms with Crippen molar-refractivity contribution in [3.63, 3.8) is 0 Å². The van der Waals surface area contributed by atoms with E-state index in [1.165, 1.54) is 0 Å². The first-order chi connectivity index (χ1) is 17.6. The predicted molar refractivity (Wildman–Crippen MR) is 173 cm³/mol. The fourth-order valence-electron chi connectivity index (χ4n) is 4.96. The van der Waals surface area contributed by atoms with Gasteiger partial charge in [0.25, 0.3) is 0 Å². The van der Waals surface area contributed by atoms with Crippen LogP contribution in [0.15, 0.2) is 0 Å². The van der Waals surface area contributed by atoms with Crippen LogP contribution < -0.4 is 0 Å². The lowest BCUT2D eigenvalue weighted by Gasteiger charge is -2.39. The molecule has 2 heterocycles. The van der Waals surface area contributed by atoms with Crippen molar-refractivity contribution < 1.29 is 9.59 Å². The van der Waals surface area contributed by atoms with E-state index in [9.17, 15) is 9.59 Å². The van der Waals surface area contributed by atoms with Crippen LogP contribution in [0.5, 0.6) is 0 Å². The third-order valence-corrected chi connectivity index (χ3v) is 10.3. The number of nitrogens with zero attached hydrogens (tertiary/aromatic N) is 4. The Hall–Kier alpha value is -1.10. The molecular formula is C28H46N4O2S4. The second-order valence-electron chi connectivity index (χ2n) is 12.0. The average Bonchev–Trinajstić information content (AvgIpc) is 3.31. The van der Waals surface area contributed by atoms with Crippen LogP contribution in [0.1, 0.15) is 93.9 Å². The van der Waals surface area contributed by atoms with Crippen LogP contribution in [0.4, 0.5) is 0 Å². The molecule has 0 aromatic carbocycles. The minimum absolute atomic E-state index is 0.0958. The molecule has 0 aromatic heterocycles. The fraction of sp³-hybridized carbons (Fsp3) is 0.786. The number of likely N-dealkylation sites (N-methyl/N-ethyl adjacent to an activating group) is 2. The summed E-state index contributed by atoms with van der Waals surface area (Å²) in [5, 5.41) is 1.56. The van der Waals surface area contributed by atoms with E-state index in [-0.39, 0.29) is 34.5 Å². The summed E-state index contributed by atoms with van der Waals surface area (Å²) in [7, 11) is 0. The van der Waals surface area contributed by atoms with Crippen LogP contribution in [0, 0.1) is 10.8 Å². The Bertz CT molecular complexity index is 889. The van der Waals surface area contributed by atoms with Gasteiger partial charge in [0.2, 0.25) is 0 Å². The highest BCUT2D eigenvalue weighted by molar-refractivity contribution is 7.82. The summed E-state index contributed by atoms with van der Waals surface area (Å²) in [6, 6.07) is 0.192. The highest BCUT2D eigenvalue weighted by atomic mass is 32.1. The van der Waals surface area contributed by atoms with Crippen molar-refractivity contribution in [2.45, 2.75) is 106 Å².